The monoisotopic (exact) mass is 251 g/mol. The van der Waals surface area contributed by atoms with Crippen LogP contribution < -0.4 is 11.1 Å². The molecular weight excluding hydrogens is 230 g/mol. The number of nitrogen functional groups attached to an aromatic ring is 1. The number of nitrogens with two attached hydrogens (primary N) is 1. The van der Waals surface area contributed by atoms with Crippen molar-refractivity contribution in [1.82, 2.24) is 4.90 Å². The molecular formula is C13H21N3O2. The molecule has 5 heteroatoms. The Kier molecular flexibility index (Phi) is 5.45. The normalized spacial score (nSPS) is 10.4. The molecule has 1 aromatic rings. The molecule has 0 radical (unpaired) electrons. The van der Waals surface area contributed by atoms with Crippen molar-refractivity contribution in [3.8, 4) is 0 Å². The predicted octanol–water partition coefficient (Wildman–Crippen LogP) is 1.89. The minimum Gasteiger partial charge on any atom is -0.399 e. The van der Waals surface area contributed by atoms with E-state index in [-0.39, 0.29) is 18.7 Å². The van der Waals surface area contributed by atoms with E-state index in [1.54, 1.807) is 29.2 Å². The van der Waals surface area contributed by atoms with Gasteiger partial charge in [-0.3, -0.25) is 0 Å². The first-order chi connectivity index (χ1) is 8.54. The van der Waals surface area contributed by atoms with E-state index in [1.165, 1.54) is 0 Å². The van der Waals surface area contributed by atoms with Crippen LogP contribution in [0.3, 0.4) is 0 Å². The maximum absolute atomic E-state index is 12.0. The SMILES string of the molecule is CC(C)N(CCCO)C(=O)Nc1ccc(N)cc1. The summed E-state index contributed by atoms with van der Waals surface area (Å²) in [5.41, 5.74) is 6.95. The van der Waals surface area contributed by atoms with Crippen molar-refractivity contribution in [3.05, 3.63) is 24.3 Å². The highest BCUT2D eigenvalue weighted by Gasteiger charge is 2.16. The predicted molar refractivity (Wildman–Crippen MR) is 73.4 cm³/mol. The van der Waals surface area contributed by atoms with Crippen molar-refractivity contribution < 1.29 is 9.90 Å². The highest BCUT2D eigenvalue weighted by atomic mass is 16.3. The van der Waals surface area contributed by atoms with Gasteiger partial charge in [0.2, 0.25) is 0 Å². The number of anilines is 2. The number of carbonyl (C=O) groups excluding carboxylic acids is 1. The van der Waals surface area contributed by atoms with Gasteiger partial charge < -0.3 is 21.1 Å². The third-order valence-electron chi connectivity index (χ3n) is 2.60. The molecule has 1 rings (SSSR count). The average molecular weight is 251 g/mol. The lowest BCUT2D eigenvalue weighted by molar-refractivity contribution is 0.186. The summed E-state index contributed by atoms with van der Waals surface area (Å²) in [6, 6.07) is 6.93. The number of urea groups is 1. The molecule has 0 spiro atoms. The fourth-order valence-corrected chi connectivity index (χ4v) is 1.60. The largest absolute Gasteiger partial charge is 0.399 e. The van der Waals surface area contributed by atoms with Gasteiger partial charge in [-0.05, 0) is 44.5 Å². The van der Waals surface area contributed by atoms with E-state index in [9.17, 15) is 4.79 Å². The lowest BCUT2D eigenvalue weighted by atomic mass is 10.2. The number of aliphatic hydroxyl groups is 1. The van der Waals surface area contributed by atoms with Crippen LogP contribution in [-0.4, -0.2) is 35.2 Å². The molecule has 100 valence electrons. The quantitative estimate of drug-likeness (QED) is 0.699. The van der Waals surface area contributed by atoms with Crippen LogP contribution in [0.2, 0.25) is 0 Å². The fraction of sp³-hybridized carbons (Fsp3) is 0.462. The summed E-state index contributed by atoms with van der Waals surface area (Å²) >= 11 is 0. The maximum Gasteiger partial charge on any atom is 0.322 e. The number of hydrogen-bond donors (Lipinski definition) is 3. The molecule has 0 saturated heterocycles. The van der Waals surface area contributed by atoms with Crippen LogP contribution >= 0.6 is 0 Å². The summed E-state index contributed by atoms with van der Waals surface area (Å²) in [5.74, 6) is 0. The van der Waals surface area contributed by atoms with Crippen molar-refractivity contribution in [3.63, 3.8) is 0 Å². The van der Waals surface area contributed by atoms with Gasteiger partial charge in [0, 0.05) is 30.6 Å². The van der Waals surface area contributed by atoms with Crippen LogP contribution in [0.15, 0.2) is 24.3 Å². The Labute approximate surface area is 108 Å². The van der Waals surface area contributed by atoms with Gasteiger partial charge in [0.15, 0.2) is 0 Å². The van der Waals surface area contributed by atoms with Gasteiger partial charge in [0.05, 0.1) is 0 Å². The Bertz CT molecular complexity index is 376. The van der Waals surface area contributed by atoms with Crippen LogP contribution in [0.4, 0.5) is 16.2 Å². The molecule has 0 aliphatic rings. The number of amides is 2. The first kappa shape index (κ1) is 14.3. The van der Waals surface area contributed by atoms with Gasteiger partial charge in [0.1, 0.15) is 0 Å². The molecule has 0 saturated carbocycles. The Hall–Kier alpha value is -1.75. The highest BCUT2D eigenvalue weighted by Crippen LogP contribution is 2.12. The minimum absolute atomic E-state index is 0.0817. The van der Waals surface area contributed by atoms with Crippen LogP contribution in [0.5, 0.6) is 0 Å². The second-order valence-electron chi connectivity index (χ2n) is 4.42. The average Bonchev–Trinajstić information content (AvgIpc) is 2.32. The van der Waals surface area contributed by atoms with E-state index < -0.39 is 0 Å². The van der Waals surface area contributed by atoms with Gasteiger partial charge in [-0.1, -0.05) is 0 Å². The summed E-state index contributed by atoms with van der Waals surface area (Å²) < 4.78 is 0. The van der Waals surface area contributed by atoms with E-state index in [4.69, 9.17) is 10.8 Å². The molecule has 0 bridgehead atoms. The molecule has 0 heterocycles. The van der Waals surface area contributed by atoms with E-state index in [0.29, 0.717) is 24.3 Å². The van der Waals surface area contributed by atoms with Crippen LogP contribution in [-0.2, 0) is 0 Å². The molecule has 0 fully saturated rings. The van der Waals surface area contributed by atoms with Gasteiger partial charge >= 0.3 is 6.03 Å². The summed E-state index contributed by atoms with van der Waals surface area (Å²) in [6.07, 6.45) is 0.577. The lowest BCUT2D eigenvalue weighted by Crippen LogP contribution is -2.40. The standard InChI is InChI=1S/C13H21N3O2/c1-10(2)16(8-3-9-17)13(18)15-12-6-4-11(14)5-7-12/h4-7,10,17H,3,8-9,14H2,1-2H3,(H,15,18). The molecule has 0 aliphatic heterocycles. The van der Waals surface area contributed by atoms with Crippen molar-refractivity contribution in [2.45, 2.75) is 26.3 Å². The van der Waals surface area contributed by atoms with Gasteiger partial charge in [-0.2, -0.15) is 0 Å². The zero-order valence-corrected chi connectivity index (χ0v) is 10.9. The van der Waals surface area contributed by atoms with E-state index in [2.05, 4.69) is 5.32 Å². The molecule has 0 aromatic heterocycles. The first-order valence-corrected chi connectivity index (χ1v) is 6.08. The smallest absolute Gasteiger partial charge is 0.322 e. The van der Waals surface area contributed by atoms with E-state index in [1.807, 2.05) is 13.8 Å². The topological polar surface area (TPSA) is 78.6 Å². The Morgan fingerprint density at radius 1 is 1.39 bits per heavy atom. The van der Waals surface area contributed by atoms with E-state index >= 15 is 0 Å². The number of rotatable bonds is 5. The molecule has 4 N–H and O–H groups in total. The molecule has 1 aromatic carbocycles. The number of carbonyl (C=O) groups is 1. The number of nitrogens with zero attached hydrogens (tertiary/aromatic N) is 1. The third kappa shape index (κ3) is 4.25. The van der Waals surface area contributed by atoms with Gasteiger partial charge in [0.25, 0.3) is 0 Å². The molecule has 2 amide bonds. The van der Waals surface area contributed by atoms with Crippen LogP contribution in [0.1, 0.15) is 20.3 Å². The Balaban J connectivity index is 2.63. The second-order valence-corrected chi connectivity index (χ2v) is 4.42. The maximum atomic E-state index is 12.0. The van der Waals surface area contributed by atoms with Crippen molar-refractivity contribution in [2.75, 3.05) is 24.2 Å². The number of benzene rings is 1. The lowest BCUT2D eigenvalue weighted by Gasteiger charge is -2.26. The molecule has 0 aliphatic carbocycles. The van der Waals surface area contributed by atoms with Gasteiger partial charge in [-0.25, -0.2) is 4.79 Å². The summed E-state index contributed by atoms with van der Waals surface area (Å²) in [6.45, 7) is 4.51. The number of nitrogens with one attached hydrogen (secondary N) is 1. The van der Waals surface area contributed by atoms with Crippen LogP contribution in [0, 0.1) is 0 Å². The third-order valence-corrected chi connectivity index (χ3v) is 2.60. The molecule has 5 nitrogen and oxygen atoms in total. The van der Waals surface area contributed by atoms with E-state index in [0.717, 1.165) is 0 Å². The van der Waals surface area contributed by atoms with Crippen LogP contribution in [0.25, 0.3) is 0 Å². The molecule has 0 unspecified atom stereocenters. The fourth-order valence-electron chi connectivity index (χ4n) is 1.60. The zero-order valence-electron chi connectivity index (χ0n) is 10.9. The van der Waals surface area contributed by atoms with Crippen molar-refractivity contribution in [2.24, 2.45) is 0 Å². The minimum atomic E-state index is -0.164. The van der Waals surface area contributed by atoms with Crippen molar-refractivity contribution in [1.29, 1.82) is 0 Å². The Morgan fingerprint density at radius 3 is 2.50 bits per heavy atom. The number of hydrogen-bond acceptors (Lipinski definition) is 3. The number of aliphatic hydroxyl groups excluding tert-OH is 1. The highest BCUT2D eigenvalue weighted by molar-refractivity contribution is 5.89. The first-order valence-electron chi connectivity index (χ1n) is 6.08. The summed E-state index contributed by atoms with van der Waals surface area (Å²) in [4.78, 5) is 13.7. The zero-order chi connectivity index (χ0) is 13.5. The summed E-state index contributed by atoms with van der Waals surface area (Å²) in [5, 5.41) is 11.6. The molecule has 18 heavy (non-hydrogen) atoms. The Morgan fingerprint density at radius 2 is 2.00 bits per heavy atom. The summed E-state index contributed by atoms with van der Waals surface area (Å²) in [7, 11) is 0. The second kappa shape index (κ2) is 6.86. The van der Waals surface area contributed by atoms with Crippen molar-refractivity contribution >= 4 is 17.4 Å². The molecule has 0 atom stereocenters. The van der Waals surface area contributed by atoms with Gasteiger partial charge in [-0.15, -0.1) is 0 Å².